The minimum absolute atomic E-state index is 0.150. The van der Waals surface area contributed by atoms with Gasteiger partial charge in [0.25, 0.3) is 0 Å². The molecule has 0 spiro atoms. The van der Waals surface area contributed by atoms with E-state index in [4.69, 9.17) is 4.74 Å². The Kier molecular flexibility index (Phi) is 3.91. The molecular formula is C10H13N3O3S2. The van der Waals surface area contributed by atoms with Crippen LogP contribution in [0.1, 0.15) is 6.92 Å². The molecule has 0 bridgehead atoms. The molecule has 1 aromatic carbocycles. The summed E-state index contributed by atoms with van der Waals surface area (Å²) in [7, 11) is -2.08. The summed E-state index contributed by atoms with van der Waals surface area (Å²) in [4.78, 5) is 0.150. The Morgan fingerprint density at radius 1 is 1.44 bits per heavy atom. The number of fused-ring (bicyclic) bond motifs is 1. The minimum atomic E-state index is -3.60. The molecule has 0 amide bonds. The quantitative estimate of drug-likeness (QED) is 0.887. The second-order valence-corrected chi connectivity index (χ2v) is 6.08. The summed E-state index contributed by atoms with van der Waals surface area (Å²) in [6.07, 6.45) is 0. The molecule has 0 saturated heterocycles. The van der Waals surface area contributed by atoms with Crippen molar-refractivity contribution in [2.24, 2.45) is 0 Å². The number of ether oxygens (including phenoxy) is 1. The summed E-state index contributed by atoms with van der Waals surface area (Å²) in [5.74, 6) is 0. The van der Waals surface area contributed by atoms with Crippen molar-refractivity contribution in [3.8, 4) is 0 Å². The monoisotopic (exact) mass is 287 g/mol. The van der Waals surface area contributed by atoms with Crippen molar-refractivity contribution in [1.82, 2.24) is 13.5 Å². The van der Waals surface area contributed by atoms with Crippen LogP contribution in [0.2, 0.25) is 0 Å². The van der Waals surface area contributed by atoms with E-state index in [2.05, 4.69) is 13.5 Å². The SMILES string of the molecule is COC[C@H](C)NS(=O)(=O)c1cccc2nsnc12. The second kappa shape index (κ2) is 5.27. The van der Waals surface area contributed by atoms with Crippen LogP contribution in [0.3, 0.4) is 0 Å². The van der Waals surface area contributed by atoms with Crippen LogP contribution >= 0.6 is 11.7 Å². The standard InChI is InChI=1S/C10H13N3O3S2/c1-7(6-16-2)13-18(14,15)9-5-3-4-8-10(9)12-17-11-8/h3-5,7,13H,6H2,1-2H3/t7-/m0/s1. The van der Waals surface area contributed by atoms with Crippen molar-refractivity contribution in [3.05, 3.63) is 18.2 Å². The van der Waals surface area contributed by atoms with E-state index in [1.165, 1.54) is 13.2 Å². The maximum atomic E-state index is 12.2. The number of hydrogen-bond acceptors (Lipinski definition) is 6. The van der Waals surface area contributed by atoms with Gasteiger partial charge in [-0.1, -0.05) is 6.07 Å². The lowest BCUT2D eigenvalue weighted by molar-refractivity contribution is 0.180. The third-order valence-electron chi connectivity index (χ3n) is 2.31. The molecule has 0 saturated carbocycles. The van der Waals surface area contributed by atoms with Crippen molar-refractivity contribution < 1.29 is 13.2 Å². The average Bonchev–Trinajstić information content (AvgIpc) is 2.75. The normalized spacial score (nSPS) is 13.9. The van der Waals surface area contributed by atoms with Gasteiger partial charge in [-0.15, -0.1) is 0 Å². The summed E-state index contributed by atoms with van der Waals surface area (Å²) in [5, 5.41) is 0. The van der Waals surface area contributed by atoms with Crippen LogP contribution in [0.25, 0.3) is 11.0 Å². The number of nitrogens with one attached hydrogen (secondary N) is 1. The zero-order chi connectivity index (χ0) is 13.2. The Balaban J connectivity index is 2.38. The van der Waals surface area contributed by atoms with E-state index in [9.17, 15) is 8.42 Å². The fourth-order valence-electron chi connectivity index (χ4n) is 1.61. The Morgan fingerprint density at radius 3 is 2.94 bits per heavy atom. The van der Waals surface area contributed by atoms with Gasteiger partial charge in [0.2, 0.25) is 10.0 Å². The maximum Gasteiger partial charge on any atom is 0.243 e. The number of rotatable bonds is 5. The molecule has 0 unspecified atom stereocenters. The van der Waals surface area contributed by atoms with Gasteiger partial charge in [-0.05, 0) is 19.1 Å². The molecule has 8 heteroatoms. The van der Waals surface area contributed by atoms with Gasteiger partial charge in [-0.2, -0.15) is 8.75 Å². The minimum Gasteiger partial charge on any atom is -0.383 e. The molecule has 18 heavy (non-hydrogen) atoms. The van der Waals surface area contributed by atoms with E-state index >= 15 is 0 Å². The first kappa shape index (κ1) is 13.3. The predicted molar refractivity (Wildman–Crippen MR) is 69.1 cm³/mol. The van der Waals surface area contributed by atoms with Gasteiger partial charge in [0.1, 0.15) is 15.9 Å². The molecule has 0 aliphatic carbocycles. The highest BCUT2D eigenvalue weighted by Gasteiger charge is 2.21. The van der Waals surface area contributed by atoms with Crippen LogP contribution < -0.4 is 4.72 Å². The molecule has 0 radical (unpaired) electrons. The third-order valence-corrected chi connectivity index (χ3v) is 4.48. The van der Waals surface area contributed by atoms with Crippen LogP contribution in [0, 0.1) is 0 Å². The van der Waals surface area contributed by atoms with Crippen molar-refractivity contribution >= 4 is 32.8 Å². The summed E-state index contributed by atoms with van der Waals surface area (Å²) >= 11 is 0.995. The average molecular weight is 287 g/mol. The largest absolute Gasteiger partial charge is 0.383 e. The first-order valence-electron chi connectivity index (χ1n) is 5.27. The van der Waals surface area contributed by atoms with Crippen LogP contribution in [0.5, 0.6) is 0 Å². The molecule has 1 aromatic heterocycles. The van der Waals surface area contributed by atoms with E-state index in [0.717, 1.165) is 11.7 Å². The van der Waals surface area contributed by atoms with Gasteiger partial charge >= 0.3 is 0 Å². The molecule has 2 aromatic rings. The number of hydrogen-bond donors (Lipinski definition) is 1. The summed E-state index contributed by atoms with van der Waals surface area (Å²) in [6, 6.07) is 4.60. The number of sulfonamides is 1. The lowest BCUT2D eigenvalue weighted by Crippen LogP contribution is -2.35. The number of nitrogens with zero attached hydrogens (tertiary/aromatic N) is 2. The molecule has 1 atom stereocenters. The van der Waals surface area contributed by atoms with Crippen molar-refractivity contribution in [2.45, 2.75) is 17.9 Å². The van der Waals surface area contributed by atoms with Crippen molar-refractivity contribution in [2.75, 3.05) is 13.7 Å². The summed E-state index contributed by atoms with van der Waals surface area (Å²) < 4.78 is 39.9. The molecule has 0 fully saturated rings. The van der Waals surface area contributed by atoms with Gasteiger partial charge in [-0.3, -0.25) is 0 Å². The van der Waals surface area contributed by atoms with Crippen molar-refractivity contribution in [1.29, 1.82) is 0 Å². The van der Waals surface area contributed by atoms with Crippen LogP contribution in [0.4, 0.5) is 0 Å². The highest BCUT2D eigenvalue weighted by atomic mass is 32.2. The highest BCUT2D eigenvalue weighted by molar-refractivity contribution is 7.89. The van der Waals surface area contributed by atoms with Gasteiger partial charge in [-0.25, -0.2) is 13.1 Å². The topological polar surface area (TPSA) is 81.2 Å². The van der Waals surface area contributed by atoms with Crippen LogP contribution in [0.15, 0.2) is 23.1 Å². The van der Waals surface area contributed by atoms with Gasteiger partial charge in [0, 0.05) is 13.2 Å². The molecule has 1 N–H and O–H groups in total. The van der Waals surface area contributed by atoms with E-state index in [0.29, 0.717) is 17.6 Å². The Hall–Kier alpha value is -1.09. The fraction of sp³-hybridized carbons (Fsp3) is 0.400. The van der Waals surface area contributed by atoms with E-state index in [-0.39, 0.29) is 10.9 Å². The molecular weight excluding hydrogens is 274 g/mol. The lowest BCUT2D eigenvalue weighted by atomic mass is 10.3. The van der Waals surface area contributed by atoms with Crippen LogP contribution in [-0.2, 0) is 14.8 Å². The molecule has 1 heterocycles. The smallest absolute Gasteiger partial charge is 0.243 e. The molecule has 0 aliphatic heterocycles. The van der Waals surface area contributed by atoms with Crippen molar-refractivity contribution in [3.63, 3.8) is 0 Å². The maximum absolute atomic E-state index is 12.2. The molecule has 0 aliphatic rings. The van der Waals surface area contributed by atoms with E-state index < -0.39 is 10.0 Å². The number of aromatic nitrogens is 2. The number of methoxy groups -OCH3 is 1. The Bertz CT molecular complexity index is 639. The van der Waals surface area contributed by atoms with Gasteiger partial charge < -0.3 is 4.74 Å². The molecule has 98 valence electrons. The van der Waals surface area contributed by atoms with E-state index in [1.807, 2.05) is 0 Å². The first-order chi connectivity index (χ1) is 8.54. The van der Waals surface area contributed by atoms with Gasteiger partial charge in [0.15, 0.2) is 0 Å². The molecule has 2 rings (SSSR count). The lowest BCUT2D eigenvalue weighted by Gasteiger charge is -2.13. The third kappa shape index (κ3) is 2.66. The zero-order valence-electron chi connectivity index (χ0n) is 9.95. The predicted octanol–water partition coefficient (Wildman–Crippen LogP) is 1.00. The Labute approximate surface area is 109 Å². The fourth-order valence-corrected chi connectivity index (χ4v) is 3.61. The molecule has 6 nitrogen and oxygen atoms in total. The highest BCUT2D eigenvalue weighted by Crippen LogP contribution is 2.20. The zero-order valence-corrected chi connectivity index (χ0v) is 11.6. The second-order valence-electron chi connectivity index (χ2n) is 3.87. The Morgan fingerprint density at radius 2 is 2.22 bits per heavy atom. The summed E-state index contributed by atoms with van der Waals surface area (Å²) in [5.41, 5.74) is 0.988. The van der Waals surface area contributed by atoms with Gasteiger partial charge in [0.05, 0.1) is 18.3 Å². The first-order valence-corrected chi connectivity index (χ1v) is 7.48. The van der Waals surface area contributed by atoms with Crippen LogP contribution in [-0.4, -0.2) is 36.9 Å². The summed E-state index contributed by atoms with van der Waals surface area (Å²) in [6.45, 7) is 2.05. The number of benzene rings is 1. The van der Waals surface area contributed by atoms with E-state index in [1.54, 1.807) is 19.1 Å².